The Balaban J connectivity index is 4.64. The molecule has 0 aromatic carbocycles. The maximum atomic E-state index is 11.4. The lowest BCUT2D eigenvalue weighted by molar-refractivity contribution is -0.139. The number of carbonyl (C=O) groups is 3. The van der Waals surface area contributed by atoms with Gasteiger partial charge in [-0.2, -0.15) is 0 Å². The van der Waals surface area contributed by atoms with Gasteiger partial charge in [-0.25, -0.2) is 14.4 Å². The molecule has 0 amide bonds. The van der Waals surface area contributed by atoms with Crippen LogP contribution in [0.4, 0.5) is 0 Å². The number of hydrogen-bond donors (Lipinski definition) is 2. The van der Waals surface area contributed by atoms with Crippen molar-refractivity contribution in [1.82, 2.24) is 0 Å². The molecule has 0 rings (SSSR count). The molecule has 94 valence electrons. The lowest BCUT2D eigenvalue weighted by atomic mass is 10.2. The first kappa shape index (κ1) is 14.9. The second-order valence-electron chi connectivity index (χ2n) is 3.10. The second-order valence-corrected chi connectivity index (χ2v) is 3.10. The lowest BCUT2D eigenvalue weighted by Gasteiger charge is -2.03. The van der Waals surface area contributed by atoms with E-state index in [9.17, 15) is 14.4 Å². The van der Waals surface area contributed by atoms with Gasteiger partial charge >= 0.3 is 17.9 Å². The summed E-state index contributed by atoms with van der Waals surface area (Å²) < 4.78 is 4.76. The van der Waals surface area contributed by atoms with E-state index in [0.717, 1.165) is 12.5 Å². The molecule has 0 aliphatic heterocycles. The zero-order valence-electron chi connectivity index (χ0n) is 9.38. The zero-order chi connectivity index (χ0) is 13.3. The van der Waals surface area contributed by atoms with Crippen molar-refractivity contribution in [2.75, 3.05) is 6.61 Å². The number of rotatable bonds is 7. The van der Waals surface area contributed by atoms with E-state index in [1.807, 2.05) is 6.92 Å². The summed E-state index contributed by atoms with van der Waals surface area (Å²) in [5.74, 6) is -3.47. The van der Waals surface area contributed by atoms with Gasteiger partial charge in [0.1, 0.15) is 0 Å². The Hall–Kier alpha value is -2.11. The number of esters is 1. The first-order valence-corrected chi connectivity index (χ1v) is 5.00. The number of unbranched alkanes of at least 4 members (excludes halogenated alkanes) is 1. The molecule has 0 aromatic rings. The summed E-state index contributed by atoms with van der Waals surface area (Å²) in [7, 11) is 0. The monoisotopic (exact) mass is 242 g/mol. The number of carboxylic acids is 2. The standard InChI is InChI=1S/C11H14O6/c1-2-3-6-17-11(16)8(7-10(14)15)4-5-9(12)13/h4-5,7H,2-3,6H2,1H3,(H,12,13)(H,14,15)/b5-4?,8-7-. The fourth-order valence-electron chi connectivity index (χ4n) is 0.862. The summed E-state index contributed by atoms with van der Waals surface area (Å²) in [6.07, 6.45) is 3.67. The van der Waals surface area contributed by atoms with Gasteiger partial charge in [0, 0.05) is 12.2 Å². The van der Waals surface area contributed by atoms with E-state index in [-0.39, 0.29) is 12.2 Å². The van der Waals surface area contributed by atoms with E-state index in [1.54, 1.807) is 0 Å². The summed E-state index contributed by atoms with van der Waals surface area (Å²) in [4.78, 5) is 32.1. The topological polar surface area (TPSA) is 101 Å². The smallest absolute Gasteiger partial charge is 0.338 e. The summed E-state index contributed by atoms with van der Waals surface area (Å²) >= 11 is 0. The number of carboxylic acid groups (broad SMARTS) is 2. The predicted octanol–water partition coefficient (Wildman–Crippen LogP) is 0.982. The molecule has 0 radical (unpaired) electrons. The molecule has 0 unspecified atom stereocenters. The van der Waals surface area contributed by atoms with E-state index in [4.69, 9.17) is 14.9 Å². The normalized spacial score (nSPS) is 11.5. The quantitative estimate of drug-likeness (QED) is 0.299. The molecule has 0 saturated carbocycles. The van der Waals surface area contributed by atoms with Gasteiger partial charge in [0.2, 0.25) is 0 Å². The highest BCUT2D eigenvalue weighted by atomic mass is 16.5. The van der Waals surface area contributed by atoms with Crippen LogP contribution in [0.1, 0.15) is 19.8 Å². The van der Waals surface area contributed by atoms with Crippen LogP contribution < -0.4 is 0 Å². The summed E-state index contributed by atoms with van der Waals surface area (Å²) in [6, 6.07) is 0. The van der Waals surface area contributed by atoms with E-state index in [1.165, 1.54) is 0 Å². The molecule has 0 aliphatic carbocycles. The van der Waals surface area contributed by atoms with Crippen LogP contribution in [0.15, 0.2) is 23.8 Å². The van der Waals surface area contributed by atoms with Crippen molar-refractivity contribution in [2.24, 2.45) is 0 Å². The van der Waals surface area contributed by atoms with Crippen molar-refractivity contribution in [2.45, 2.75) is 19.8 Å². The van der Waals surface area contributed by atoms with Gasteiger partial charge in [0.15, 0.2) is 0 Å². The molecule has 0 aromatic heterocycles. The molecule has 17 heavy (non-hydrogen) atoms. The Labute approximate surface area is 98.2 Å². The number of aliphatic carboxylic acids is 2. The molecular formula is C11H14O6. The average Bonchev–Trinajstić information content (AvgIpc) is 2.23. The average molecular weight is 242 g/mol. The van der Waals surface area contributed by atoms with Gasteiger partial charge < -0.3 is 14.9 Å². The van der Waals surface area contributed by atoms with Crippen molar-refractivity contribution in [1.29, 1.82) is 0 Å². The lowest BCUT2D eigenvalue weighted by Crippen LogP contribution is -2.09. The summed E-state index contributed by atoms with van der Waals surface area (Å²) in [5.41, 5.74) is -0.309. The molecule has 2 N–H and O–H groups in total. The molecule has 0 heterocycles. The number of carbonyl (C=O) groups excluding carboxylic acids is 1. The molecule has 6 nitrogen and oxygen atoms in total. The Morgan fingerprint density at radius 1 is 1.12 bits per heavy atom. The largest absolute Gasteiger partial charge is 0.478 e. The molecule has 0 bridgehead atoms. The first-order valence-electron chi connectivity index (χ1n) is 5.00. The molecule has 0 fully saturated rings. The van der Waals surface area contributed by atoms with Crippen LogP contribution in [0.2, 0.25) is 0 Å². The Morgan fingerprint density at radius 3 is 2.24 bits per heavy atom. The van der Waals surface area contributed by atoms with Gasteiger partial charge in [-0.1, -0.05) is 13.3 Å². The van der Waals surface area contributed by atoms with Crippen molar-refractivity contribution in [3.8, 4) is 0 Å². The van der Waals surface area contributed by atoms with Crippen LogP contribution in [0.25, 0.3) is 0 Å². The van der Waals surface area contributed by atoms with Crippen LogP contribution in [-0.4, -0.2) is 34.7 Å². The highest BCUT2D eigenvalue weighted by Crippen LogP contribution is 2.02. The third-order valence-electron chi connectivity index (χ3n) is 1.65. The van der Waals surface area contributed by atoms with E-state index < -0.39 is 17.9 Å². The number of hydrogen-bond acceptors (Lipinski definition) is 4. The third kappa shape index (κ3) is 7.78. The minimum atomic E-state index is -1.34. The minimum Gasteiger partial charge on any atom is -0.478 e. The highest BCUT2D eigenvalue weighted by Gasteiger charge is 2.10. The van der Waals surface area contributed by atoms with Gasteiger partial charge in [-0.05, 0) is 12.5 Å². The van der Waals surface area contributed by atoms with Gasteiger partial charge in [0.05, 0.1) is 12.2 Å². The van der Waals surface area contributed by atoms with Crippen LogP contribution in [0.5, 0.6) is 0 Å². The maximum Gasteiger partial charge on any atom is 0.338 e. The van der Waals surface area contributed by atoms with Crippen LogP contribution in [0.3, 0.4) is 0 Å². The Morgan fingerprint density at radius 2 is 1.76 bits per heavy atom. The molecule has 0 spiro atoms. The van der Waals surface area contributed by atoms with Gasteiger partial charge in [-0.15, -0.1) is 0 Å². The predicted molar refractivity (Wildman–Crippen MR) is 58.4 cm³/mol. The van der Waals surface area contributed by atoms with Crippen molar-refractivity contribution in [3.63, 3.8) is 0 Å². The fraction of sp³-hybridized carbons (Fsp3) is 0.364. The van der Waals surface area contributed by atoms with Crippen molar-refractivity contribution >= 4 is 17.9 Å². The van der Waals surface area contributed by atoms with Crippen molar-refractivity contribution < 1.29 is 29.3 Å². The minimum absolute atomic E-state index is 0.174. The van der Waals surface area contributed by atoms with Gasteiger partial charge in [0.25, 0.3) is 0 Å². The van der Waals surface area contributed by atoms with E-state index in [0.29, 0.717) is 18.6 Å². The van der Waals surface area contributed by atoms with Gasteiger partial charge in [-0.3, -0.25) is 0 Å². The number of ether oxygens (including phenoxy) is 1. The molecule has 6 heteroatoms. The highest BCUT2D eigenvalue weighted by molar-refractivity contribution is 5.99. The summed E-state index contributed by atoms with van der Waals surface area (Å²) in [6.45, 7) is 2.08. The first-order chi connectivity index (χ1) is 7.97. The third-order valence-corrected chi connectivity index (χ3v) is 1.65. The maximum absolute atomic E-state index is 11.4. The SMILES string of the molecule is CCCCOC(=O)/C(C=CC(=O)O)=C\C(=O)O. The second kappa shape index (κ2) is 8.09. The van der Waals surface area contributed by atoms with Crippen LogP contribution in [-0.2, 0) is 19.1 Å². The Kier molecular flexibility index (Phi) is 7.09. The van der Waals surface area contributed by atoms with Crippen LogP contribution >= 0.6 is 0 Å². The Bertz CT molecular complexity index is 353. The summed E-state index contributed by atoms with van der Waals surface area (Å²) in [5, 5.41) is 16.9. The molecular weight excluding hydrogens is 228 g/mol. The van der Waals surface area contributed by atoms with Crippen molar-refractivity contribution in [3.05, 3.63) is 23.8 Å². The molecule has 0 aliphatic rings. The van der Waals surface area contributed by atoms with E-state index >= 15 is 0 Å². The molecule has 0 atom stereocenters. The van der Waals surface area contributed by atoms with E-state index in [2.05, 4.69) is 0 Å². The van der Waals surface area contributed by atoms with Crippen LogP contribution in [0, 0.1) is 0 Å². The molecule has 0 saturated heterocycles. The zero-order valence-corrected chi connectivity index (χ0v) is 9.38. The fourth-order valence-corrected chi connectivity index (χ4v) is 0.862.